The number of fused-ring (bicyclic) bond motifs is 12. The molecule has 4 heteroatoms. The van der Waals surface area contributed by atoms with E-state index in [0.717, 1.165) is 16.7 Å². The molecule has 250 valence electrons. The van der Waals surface area contributed by atoms with E-state index in [1.807, 2.05) is 47.7 Å². The van der Waals surface area contributed by atoms with Gasteiger partial charge in [0.15, 0.2) is 17.5 Å². The van der Waals surface area contributed by atoms with E-state index in [0.29, 0.717) is 17.5 Å². The lowest BCUT2D eigenvalue weighted by molar-refractivity contribution is 0.564. The summed E-state index contributed by atoms with van der Waals surface area (Å²) in [5.41, 5.74) is 13.2. The molecule has 0 aliphatic heterocycles. The first-order valence-corrected chi connectivity index (χ1v) is 19.0. The van der Waals surface area contributed by atoms with Crippen LogP contribution in [0.2, 0.25) is 0 Å². The summed E-state index contributed by atoms with van der Waals surface area (Å²) < 4.78 is 2.54. The molecule has 0 N–H and O–H groups in total. The van der Waals surface area contributed by atoms with E-state index in [9.17, 15) is 0 Å². The van der Waals surface area contributed by atoms with E-state index in [-0.39, 0.29) is 5.41 Å². The van der Waals surface area contributed by atoms with Crippen LogP contribution in [0.3, 0.4) is 0 Å². The highest BCUT2D eigenvalue weighted by atomic mass is 32.1. The Hall–Kier alpha value is -6.23. The molecule has 0 saturated carbocycles. The molecule has 9 aromatic rings. The molecule has 0 bridgehead atoms. The zero-order valence-electron chi connectivity index (χ0n) is 29.3. The number of hydrogen-bond acceptors (Lipinski definition) is 4. The van der Waals surface area contributed by atoms with Crippen LogP contribution in [0.25, 0.3) is 65.5 Å². The Kier molecular flexibility index (Phi) is 6.39. The molecule has 2 aromatic heterocycles. The Morgan fingerprint density at radius 3 is 1.47 bits per heavy atom. The second-order valence-electron chi connectivity index (χ2n) is 14.8. The van der Waals surface area contributed by atoms with Crippen molar-refractivity contribution in [2.24, 2.45) is 0 Å². The molecule has 7 aromatic carbocycles. The predicted molar refractivity (Wildman–Crippen MR) is 218 cm³/mol. The molecular weight excluding hydrogens is 663 g/mol. The average molecular weight is 696 g/mol. The normalized spacial score (nSPS) is 14.5. The lowest BCUT2D eigenvalue weighted by Crippen LogP contribution is -2.40. The second-order valence-corrected chi connectivity index (χ2v) is 15.8. The average Bonchev–Trinajstić information content (AvgIpc) is 3.73. The Labute approximate surface area is 312 Å². The van der Waals surface area contributed by atoms with Crippen LogP contribution in [0.4, 0.5) is 0 Å². The zero-order valence-corrected chi connectivity index (χ0v) is 30.2. The smallest absolute Gasteiger partial charge is 0.164 e. The minimum absolute atomic E-state index is 0.215. The summed E-state index contributed by atoms with van der Waals surface area (Å²) in [6, 6.07) is 59.4. The molecule has 2 aliphatic carbocycles. The summed E-state index contributed by atoms with van der Waals surface area (Å²) in [5, 5.41) is 2.50. The van der Waals surface area contributed by atoms with Crippen molar-refractivity contribution in [2.75, 3.05) is 0 Å². The van der Waals surface area contributed by atoms with Gasteiger partial charge in [0.1, 0.15) is 0 Å². The summed E-state index contributed by atoms with van der Waals surface area (Å²) in [6.07, 6.45) is 0. The lowest BCUT2D eigenvalue weighted by atomic mass is 9.55. The van der Waals surface area contributed by atoms with Crippen molar-refractivity contribution >= 4 is 31.5 Å². The number of hydrogen-bond donors (Lipinski definition) is 0. The maximum atomic E-state index is 5.06. The van der Waals surface area contributed by atoms with Gasteiger partial charge < -0.3 is 0 Å². The monoisotopic (exact) mass is 695 g/mol. The number of rotatable bonds is 3. The van der Waals surface area contributed by atoms with Crippen LogP contribution >= 0.6 is 11.3 Å². The first kappa shape index (κ1) is 30.4. The highest BCUT2D eigenvalue weighted by Gasteiger charge is 2.53. The predicted octanol–water partition coefficient (Wildman–Crippen LogP) is 12.2. The van der Waals surface area contributed by atoms with E-state index < -0.39 is 5.41 Å². The summed E-state index contributed by atoms with van der Waals surface area (Å²) in [7, 11) is 0. The van der Waals surface area contributed by atoms with E-state index in [1.54, 1.807) is 0 Å². The van der Waals surface area contributed by atoms with Gasteiger partial charge >= 0.3 is 0 Å². The molecule has 3 nitrogen and oxygen atoms in total. The van der Waals surface area contributed by atoms with Gasteiger partial charge in [-0.3, -0.25) is 0 Å². The van der Waals surface area contributed by atoms with Crippen LogP contribution in [-0.4, -0.2) is 15.0 Å². The minimum atomic E-state index is -0.406. The van der Waals surface area contributed by atoms with Crippen LogP contribution in [0.15, 0.2) is 164 Å². The van der Waals surface area contributed by atoms with Gasteiger partial charge in [0.05, 0.1) is 5.41 Å². The highest BCUT2D eigenvalue weighted by Crippen LogP contribution is 2.62. The second kappa shape index (κ2) is 11.1. The van der Waals surface area contributed by atoms with Gasteiger partial charge in [-0.05, 0) is 74.8 Å². The van der Waals surface area contributed by atoms with Gasteiger partial charge in [-0.2, -0.15) is 0 Å². The number of aromatic nitrogens is 3. The zero-order chi connectivity index (χ0) is 35.3. The fourth-order valence-corrected chi connectivity index (χ4v) is 10.3. The first-order chi connectivity index (χ1) is 26.0. The number of nitrogens with zero attached hydrogens (tertiary/aromatic N) is 3. The van der Waals surface area contributed by atoms with Gasteiger partial charge in [0.2, 0.25) is 0 Å². The third kappa shape index (κ3) is 4.24. The molecular formula is C49H33N3S. The summed E-state index contributed by atoms with van der Waals surface area (Å²) in [5.74, 6) is 2.01. The van der Waals surface area contributed by atoms with Crippen LogP contribution in [0.5, 0.6) is 0 Å². The largest absolute Gasteiger partial charge is 0.208 e. The van der Waals surface area contributed by atoms with Gasteiger partial charge in [0.25, 0.3) is 0 Å². The molecule has 0 fully saturated rings. The van der Waals surface area contributed by atoms with Gasteiger partial charge in [-0.25, -0.2) is 15.0 Å². The molecule has 0 atom stereocenters. The van der Waals surface area contributed by atoms with Crippen molar-refractivity contribution in [3.63, 3.8) is 0 Å². The Bertz CT molecular complexity index is 2820. The lowest BCUT2D eigenvalue weighted by Gasteiger charge is -2.46. The molecule has 53 heavy (non-hydrogen) atoms. The molecule has 0 unspecified atom stereocenters. The van der Waals surface area contributed by atoms with Crippen LogP contribution in [0.1, 0.15) is 47.2 Å². The van der Waals surface area contributed by atoms with Gasteiger partial charge in [-0.15, -0.1) is 11.3 Å². The fraction of sp³-hybridized carbons (Fsp3) is 0.0816. The van der Waals surface area contributed by atoms with Crippen molar-refractivity contribution in [2.45, 2.75) is 24.7 Å². The molecule has 0 saturated heterocycles. The standard InChI is InChI=1S/C49H33N3S/c1-48(2)39-23-13-14-24-40(39)49(37-21-11-9-19-33(37)34-20-10-12-22-38(34)49)42-29-44-36(28-41(42)48)35-27-32(25-26-43(35)53-44)47-51-45(30-15-5-3-6-16-30)50-46(52-47)31-17-7-4-8-18-31/h3-29H,1-2H3. The third-order valence-electron chi connectivity index (χ3n) is 11.6. The van der Waals surface area contributed by atoms with Crippen LogP contribution < -0.4 is 0 Å². The molecule has 0 amide bonds. The van der Waals surface area contributed by atoms with Crippen LogP contribution in [0, 0.1) is 0 Å². The van der Waals surface area contributed by atoms with E-state index in [2.05, 4.69) is 141 Å². The topological polar surface area (TPSA) is 38.7 Å². The van der Waals surface area contributed by atoms with E-state index in [1.165, 1.54) is 64.7 Å². The first-order valence-electron chi connectivity index (χ1n) is 18.2. The van der Waals surface area contributed by atoms with Crippen LogP contribution in [-0.2, 0) is 10.8 Å². The maximum Gasteiger partial charge on any atom is 0.164 e. The quantitative estimate of drug-likeness (QED) is 0.185. The van der Waals surface area contributed by atoms with Crippen molar-refractivity contribution in [1.82, 2.24) is 15.0 Å². The summed E-state index contributed by atoms with van der Waals surface area (Å²) >= 11 is 1.87. The molecule has 2 aliphatic rings. The van der Waals surface area contributed by atoms with Crippen molar-refractivity contribution in [3.05, 3.63) is 197 Å². The number of benzene rings is 7. The Morgan fingerprint density at radius 2 is 0.868 bits per heavy atom. The molecule has 2 heterocycles. The minimum Gasteiger partial charge on any atom is -0.208 e. The van der Waals surface area contributed by atoms with Gasteiger partial charge in [0, 0.05) is 42.3 Å². The van der Waals surface area contributed by atoms with E-state index >= 15 is 0 Å². The summed E-state index contributed by atoms with van der Waals surface area (Å²) in [4.78, 5) is 15.1. The third-order valence-corrected chi connectivity index (χ3v) is 12.7. The van der Waals surface area contributed by atoms with Gasteiger partial charge in [-0.1, -0.05) is 147 Å². The molecule has 1 spiro atoms. The van der Waals surface area contributed by atoms with E-state index in [4.69, 9.17) is 15.0 Å². The van der Waals surface area contributed by atoms with Crippen molar-refractivity contribution < 1.29 is 0 Å². The fourth-order valence-electron chi connectivity index (χ4n) is 9.19. The maximum absolute atomic E-state index is 5.06. The molecule has 11 rings (SSSR count). The summed E-state index contributed by atoms with van der Waals surface area (Å²) in [6.45, 7) is 4.80. The number of thiophene rings is 1. The van der Waals surface area contributed by atoms with Crippen molar-refractivity contribution in [3.8, 4) is 45.3 Å². The molecule has 0 radical (unpaired) electrons. The Morgan fingerprint density at radius 1 is 0.377 bits per heavy atom. The van der Waals surface area contributed by atoms with Crippen molar-refractivity contribution in [1.29, 1.82) is 0 Å². The highest BCUT2D eigenvalue weighted by molar-refractivity contribution is 7.25. The Balaban J connectivity index is 1.17. The SMILES string of the molecule is CC1(C)c2ccccc2C2(c3ccccc3-c3ccccc32)c2cc3sc4ccc(-c5nc(-c6ccccc6)nc(-c6ccccc6)n5)cc4c3cc21.